The second-order valence-electron chi connectivity index (χ2n) is 22.6. The Kier molecular flexibility index (Phi) is 12.2. The molecule has 354 valence electrons. The molecular weight excluding hydrogens is 857 g/mol. The van der Waals surface area contributed by atoms with Crippen LogP contribution < -0.4 is 9.80 Å². The molecular formula is C69H68N2. The van der Waals surface area contributed by atoms with Gasteiger partial charge in [0.05, 0.1) is 11.4 Å². The van der Waals surface area contributed by atoms with E-state index in [1.165, 1.54) is 61.2 Å². The lowest BCUT2D eigenvalue weighted by atomic mass is 9.82. The molecule has 0 radical (unpaired) electrons. The van der Waals surface area contributed by atoms with E-state index in [1.807, 2.05) is 0 Å². The zero-order valence-electron chi connectivity index (χ0n) is 43.6. The molecule has 0 unspecified atom stereocenters. The second kappa shape index (κ2) is 18.4. The zero-order chi connectivity index (χ0) is 49.8. The van der Waals surface area contributed by atoms with Crippen LogP contribution in [0.2, 0.25) is 0 Å². The van der Waals surface area contributed by atoms with Crippen LogP contribution in [0.3, 0.4) is 0 Å². The van der Waals surface area contributed by atoms with Crippen molar-refractivity contribution in [3.05, 3.63) is 240 Å². The normalized spacial score (nSPS) is 13.0. The maximum atomic E-state index is 2.51. The molecule has 9 aromatic rings. The average Bonchev–Trinajstić information content (AvgIpc) is 3.59. The molecule has 10 rings (SSSR count). The fraction of sp³-hybridized carbons (Fsp3) is 0.217. The molecule has 0 aliphatic heterocycles. The standard InChI is InChI=1S/C69H68N2/c1-46(2)50-20-18-24-59(42-50)71(56-22-13-12-14-23-56)65-45-53(49-27-32-54(33-28-49)67(4,5)6)44-64(66(65)52-31-40-63-61(43-52)60-25-15-16-26-62(60)69(63,10)11)70(58-38-34-55(35-39-58)68(7,8)9)57-36-29-48(30-37-57)51-21-17-19-47(3)41-51/h12-46H,1-11H3. The van der Waals surface area contributed by atoms with Gasteiger partial charge < -0.3 is 9.80 Å². The summed E-state index contributed by atoms with van der Waals surface area (Å²) in [5, 5.41) is 0. The Labute approximate surface area is 424 Å². The highest BCUT2D eigenvalue weighted by Gasteiger charge is 2.36. The van der Waals surface area contributed by atoms with Gasteiger partial charge in [0.1, 0.15) is 0 Å². The number of rotatable bonds is 10. The molecule has 0 amide bonds. The van der Waals surface area contributed by atoms with Gasteiger partial charge in [-0.25, -0.2) is 0 Å². The van der Waals surface area contributed by atoms with Crippen LogP contribution in [-0.2, 0) is 16.2 Å². The van der Waals surface area contributed by atoms with Crippen LogP contribution in [0.15, 0.2) is 206 Å². The van der Waals surface area contributed by atoms with Gasteiger partial charge in [-0.1, -0.05) is 214 Å². The van der Waals surface area contributed by atoms with E-state index >= 15 is 0 Å². The number of benzene rings is 9. The van der Waals surface area contributed by atoms with Gasteiger partial charge in [0.15, 0.2) is 0 Å². The van der Waals surface area contributed by atoms with Gasteiger partial charge in [-0.05, 0) is 157 Å². The first-order chi connectivity index (χ1) is 34.0. The molecule has 0 spiro atoms. The number of nitrogens with zero attached hydrogens (tertiary/aromatic N) is 2. The van der Waals surface area contributed by atoms with Crippen LogP contribution in [0.5, 0.6) is 0 Å². The lowest BCUT2D eigenvalue weighted by Crippen LogP contribution is -2.17. The number of hydrogen-bond donors (Lipinski definition) is 0. The molecule has 0 saturated carbocycles. The molecule has 2 heteroatoms. The minimum Gasteiger partial charge on any atom is -0.310 e. The largest absolute Gasteiger partial charge is 0.310 e. The van der Waals surface area contributed by atoms with Crippen LogP contribution in [0.25, 0.3) is 44.5 Å². The van der Waals surface area contributed by atoms with Crippen molar-refractivity contribution in [1.29, 1.82) is 0 Å². The Balaban J connectivity index is 1.34. The van der Waals surface area contributed by atoms with Crippen molar-refractivity contribution in [3.8, 4) is 44.5 Å². The highest BCUT2D eigenvalue weighted by molar-refractivity contribution is 6.02. The molecule has 0 N–H and O–H groups in total. The lowest BCUT2D eigenvalue weighted by Gasteiger charge is -2.34. The Bertz CT molecular complexity index is 3360. The SMILES string of the molecule is Cc1cccc(-c2ccc(N(c3ccc(C(C)(C)C)cc3)c3cc(-c4ccc(C(C)(C)C)cc4)cc(N(c4ccccc4)c4cccc(C(C)C)c4)c3-c3ccc4c(c3)-c3ccccc3C4(C)C)cc2)c1. The van der Waals surface area contributed by atoms with E-state index in [4.69, 9.17) is 0 Å². The maximum Gasteiger partial charge on any atom is 0.0567 e. The predicted molar refractivity (Wildman–Crippen MR) is 306 cm³/mol. The van der Waals surface area contributed by atoms with E-state index in [-0.39, 0.29) is 16.2 Å². The quantitative estimate of drug-likeness (QED) is 0.135. The minimum atomic E-state index is -0.133. The molecule has 0 heterocycles. The lowest BCUT2D eigenvalue weighted by molar-refractivity contribution is 0.590. The number of fused-ring (bicyclic) bond motifs is 3. The van der Waals surface area contributed by atoms with Crippen molar-refractivity contribution in [3.63, 3.8) is 0 Å². The van der Waals surface area contributed by atoms with Gasteiger partial charge in [0, 0.05) is 33.7 Å². The summed E-state index contributed by atoms with van der Waals surface area (Å²) in [7, 11) is 0. The second-order valence-corrected chi connectivity index (χ2v) is 22.6. The molecule has 2 nitrogen and oxygen atoms in total. The highest BCUT2D eigenvalue weighted by Crippen LogP contribution is 2.55. The Morgan fingerprint density at radius 1 is 0.380 bits per heavy atom. The van der Waals surface area contributed by atoms with E-state index < -0.39 is 0 Å². The van der Waals surface area contributed by atoms with Gasteiger partial charge in [0.25, 0.3) is 0 Å². The summed E-state index contributed by atoms with van der Waals surface area (Å²) in [6.07, 6.45) is 0. The van der Waals surface area contributed by atoms with Crippen LogP contribution in [-0.4, -0.2) is 0 Å². The summed E-state index contributed by atoms with van der Waals surface area (Å²) in [6.45, 7) is 25.2. The van der Waals surface area contributed by atoms with E-state index in [0.29, 0.717) is 5.92 Å². The highest BCUT2D eigenvalue weighted by atomic mass is 15.2. The number of para-hydroxylation sites is 1. The van der Waals surface area contributed by atoms with E-state index in [2.05, 4.69) is 292 Å². The fourth-order valence-electron chi connectivity index (χ4n) is 10.7. The third kappa shape index (κ3) is 9.13. The van der Waals surface area contributed by atoms with Crippen molar-refractivity contribution in [1.82, 2.24) is 0 Å². The fourth-order valence-corrected chi connectivity index (χ4v) is 10.7. The predicted octanol–water partition coefficient (Wildman–Crippen LogP) is 20.0. The maximum absolute atomic E-state index is 2.51. The number of aryl methyl sites for hydroxylation is 1. The zero-order valence-corrected chi connectivity index (χ0v) is 43.6. The summed E-state index contributed by atoms with van der Waals surface area (Å²) < 4.78 is 0. The van der Waals surface area contributed by atoms with Crippen LogP contribution in [0.1, 0.15) is 109 Å². The molecule has 0 aromatic heterocycles. The summed E-state index contributed by atoms with van der Waals surface area (Å²) in [5.74, 6) is 0.352. The molecule has 0 fully saturated rings. The molecule has 9 aromatic carbocycles. The first kappa shape index (κ1) is 47.3. The Morgan fingerprint density at radius 2 is 0.873 bits per heavy atom. The monoisotopic (exact) mass is 925 g/mol. The molecule has 0 atom stereocenters. The summed E-state index contributed by atoms with van der Waals surface area (Å²) in [5.41, 5.74) is 23.9. The van der Waals surface area contributed by atoms with Crippen LogP contribution in [0, 0.1) is 6.92 Å². The summed E-state index contributed by atoms with van der Waals surface area (Å²) in [4.78, 5) is 5.02. The van der Waals surface area contributed by atoms with Crippen LogP contribution >= 0.6 is 0 Å². The molecule has 1 aliphatic carbocycles. The van der Waals surface area contributed by atoms with Crippen molar-refractivity contribution in [2.75, 3.05) is 9.80 Å². The van der Waals surface area contributed by atoms with Crippen molar-refractivity contribution >= 4 is 34.1 Å². The smallest absolute Gasteiger partial charge is 0.0567 e. The van der Waals surface area contributed by atoms with Crippen molar-refractivity contribution in [2.45, 2.75) is 98.3 Å². The number of hydrogen-bond acceptors (Lipinski definition) is 2. The third-order valence-electron chi connectivity index (χ3n) is 14.8. The Hall–Kier alpha value is -7.42. The third-order valence-corrected chi connectivity index (χ3v) is 14.8. The minimum absolute atomic E-state index is 0.00845. The molecule has 71 heavy (non-hydrogen) atoms. The molecule has 1 aliphatic rings. The Morgan fingerprint density at radius 3 is 1.49 bits per heavy atom. The molecule has 0 bridgehead atoms. The van der Waals surface area contributed by atoms with Gasteiger partial charge in [0.2, 0.25) is 0 Å². The molecule has 0 saturated heterocycles. The van der Waals surface area contributed by atoms with Gasteiger partial charge in [-0.15, -0.1) is 0 Å². The summed E-state index contributed by atoms with van der Waals surface area (Å²) >= 11 is 0. The van der Waals surface area contributed by atoms with Crippen molar-refractivity contribution < 1.29 is 0 Å². The van der Waals surface area contributed by atoms with E-state index in [0.717, 1.165) is 50.8 Å². The van der Waals surface area contributed by atoms with Crippen LogP contribution in [0.4, 0.5) is 34.1 Å². The van der Waals surface area contributed by atoms with E-state index in [1.54, 1.807) is 0 Å². The average molecular weight is 925 g/mol. The van der Waals surface area contributed by atoms with E-state index in [9.17, 15) is 0 Å². The first-order valence-corrected chi connectivity index (χ1v) is 25.5. The number of anilines is 6. The van der Waals surface area contributed by atoms with Gasteiger partial charge in [-0.3, -0.25) is 0 Å². The summed E-state index contributed by atoms with van der Waals surface area (Å²) in [6, 6.07) is 77.9. The van der Waals surface area contributed by atoms with Gasteiger partial charge >= 0.3 is 0 Å². The topological polar surface area (TPSA) is 6.48 Å². The van der Waals surface area contributed by atoms with Gasteiger partial charge in [-0.2, -0.15) is 0 Å². The van der Waals surface area contributed by atoms with Crippen molar-refractivity contribution in [2.24, 2.45) is 0 Å². The first-order valence-electron chi connectivity index (χ1n) is 25.5.